The van der Waals surface area contributed by atoms with Crippen LogP contribution in [-0.2, 0) is 0 Å². The molecule has 0 fully saturated rings. The van der Waals surface area contributed by atoms with E-state index in [1.54, 1.807) is 0 Å². The number of para-hydroxylation sites is 4. The molecule has 15 aromatic carbocycles. The minimum atomic E-state index is 1.12. The highest BCUT2D eigenvalue weighted by Crippen LogP contribution is 2.44. The highest BCUT2D eigenvalue weighted by Gasteiger charge is 2.23. The van der Waals surface area contributed by atoms with Crippen LogP contribution in [0.5, 0.6) is 0 Å². The van der Waals surface area contributed by atoms with Gasteiger partial charge in [-0.2, -0.15) is 0 Å². The predicted molar refractivity (Wildman–Crippen MR) is 396 cm³/mol. The van der Waals surface area contributed by atoms with E-state index < -0.39 is 0 Å². The van der Waals surface area contributed by atoms with Crippen LogP contribution in [0.1, 0.15) is 0 Å². The van der Waals surface area contributed by atoms with Crippen LogP contribution in [0.4, 0.5) is 0 Å². The summed E-state index contributed by atoms with van der Waals surface area (Å²) in [6.07, 6.45) is 0. The molecule has 0 saturated carbocycles. The van der Waals surface area contributed by atoms with Crippen molar-refractivity contribution in [2.75, 3.05) is 0 Å². The molecule has 94 heavy (non-hydrogen) atoms. The van der Waals surface area contributed by atoms with E-state index in [1.165, 1.54) is 154 Å². The second kappa shape index (κ2) is 21.6. The third-order valence-corrected chi connectivity index (χ3v) is 19.5. The van der Waals surface area contributed by atoms with Gasteiger partial charge in [-0.15, -0.1) is 0 Å². The van der Waals surface area contributed by atoms with Crippen molar-refractivity contribution in [3.63, 3.8) is 0 Å². The molecule has 0 unspecified atom stereocenters. The lowest BCUT2D eigenvalue weighted by atomic mass is 9.98. The Kier molecular flexibility index (Phi) is 12.3. The Hall–Kier alpha value is -12.5. The van der Waals surface area contributed by atoms with Gasteiger partial charge in [0.15, 0.2) is 0 Å². The summed E-state index contributed by atoms with van der Waals surface area (Å²) in [5.74, 6) is 0. The Balaban J connectivity index is 0.656. The number of hydrogen-bond donors (Lipinski definition) is 0. The summed E-state index contributed by atoms with van der Waals surface area (Å²) < 4.78 is 9.84. The fourth-order valence-corrected chi connectivity index (χ4v) is 15.1. The molecule has 4 nitrogen and oxygen atoms in total. The zero-order valence-electron chi connectivity index (χ0n) is 51.3. The molecule has 4 heterocycles. The second-order valence-electron chi connectivity index (χ2n) is 24.9. The van der Waals surface area contributed by atoms with Gasteiger partial charge >= 0.3 is 0 Å². The smallest absolute Gasteiger partial charge is 0.0548 e. The number of nitrogens with zero attached hydrogens (tertiary/aromatic N) is 4. The number of benzene rings is 15. The second-order valence-corrected chi connectivity index (χ2v) is 24.9. The minimum absolute atomic E-state index is 1.12. The van der Waals surface area contributed by atoms with E-state index >= 15 is 0 Å². The standard InChI is InChI=1S/C90H58N4/c1-5-21-59(22-6-1)67-49-68(60-23-7-2-8-24-60)52-73(51-67)93-85-35-19-15-31-77(85)81-55-87-79(57-89(81)93)75-29-13-17-33-83(75)91(87)71-45-41-65(42-46-71)63-37-39-64(40-38-63)66-43-47-72(48-44-66)92-84-34-18-14-30-76(84)80-58-90-82(56-88(80)92)78-32-16-20-36-86(78)94(90)74-53-69(61-25-9-3-10-26-61)50-70(54-74)62-27-11-4-12-28-62/h1-58H. The van der Waals surface area contributed by atoms with Gasteiger partial charge in [-0.05, 0) is 176 Å². The molecular formula is C90H58N4. The molecule has 0 spiro atoms. The highest BCUT2D eigenvalue weighted by molar-refractivity contribution is 6.21. The van der Waals surface area contributed by atoms with Gasteiger partial charge in [-0.1, -0.05) is 243 Å². The Morgan fingerprint density at radius 3 is 0.574 bits per heavy atom. The van der Waals surface area contributed by atoms with E-state index in [-0.39, 0.29) is 0 Å². The van der Waals surface area contributed by atoms with Crippen LogP contribution in [0.2, 0.25) is 0 Å². The van der Waals surface area contributed by atoms with Crippen LogP contribution in [0, 0.1) is 0 Å². The monoisotopic (exact) mass is 1190 g/mol. The van der Waals surface area contributed by atoms with Crippen LogP contribution in [0.15, 0.2) is 352 Å². The minimum Gasteiger partial charge on any atom is -0.309 e. The molecule has 0 atom stereocenters. The molecule has 0 aliphatic rings. The number of aromatic nitrogens is 4. The van der Waals surface area contributed by atoms with E-state index in [9.17, 15) is 0 Å². The molecule has 0 N–H and O–H groups in total. The number of hydrogen-bond acceptors (Lipinski definition) is 0. The van der Waals surface area contributed by atoms with Crippen molar-refractivity contribution in [3.8, 4) is 89.5 Å². The molecule has 0 radical (unpaired) electrons. The van der Waals surface area contributed by atoms with Crippen molar-refractivity contribution >= 4 is 87.2 Å². The molecule has 0 saturated heterocycles. The van der Waals surface area contributed by atoms with Crippen molar-refractivity contribution < 1.29 is 0 Å². The topological polar surface area (TPSA) is 19.7 Å². The SMILES string of the molecule is c1ccc(-c2cc(-c3ccccc3)cc(-n3c4ccccc4c4cc5c(cc43)c3ccccc3n5-c3ccc(-c4ccc(-c5ccc(-n6c7ccccc7c7cc8c(cc76)c6ccccc6n8-c6cc(-c7ccccc7)cc(-c7ccccc7)c6)cc5)cc4)cc3)c2)cc1. The molecule has 0 amide bonds. The highest BCUT2D eigenvalue weighted by atomic mass is 15.0. The van der Waals surface area contributed by atoms with E-state index in [1.807, 2.05) is 0 Å². The summed E-state index contributed by atoms with van der Waals surface area (Å²) in [6, 6.07) is 130. The van der Waals surface area contributed by atoms with Gasteiger partial charge in [0.25, 0.3) is 0 Å². The van der Waals surface area contributed by atoms with E-state index in [0.29, 0.717) is 0 Å². The molecule has 438 valence electrons. The van der Waals surface area contributed by atoms with Gasteiger partial charge in [-0.25, -0.2) is 0 Å². The lowest BCUT2D eigenvalue weighted by Crippen LogP contribution is -1.96. The van der Waals surface area contributed by atoms with Crippen LogP contribution >= 0.6 is 0 Å². The van der Waals surface area contributed by atoms with E-state index in [0.717, 1.165) is 22.7 Å². The Labute approximate surface area is 543 Å². The van der Waals surface area contributed by atoms with Crippen LogP contribution < -0.4 is 0 Å². The molecule has 4 aromatic heterocycles. The maximum Gasteiger partial charge on any atom is 0.0548 e. The predicted octanol–water partition coefficient (Wildman–Crippen LogP) is 24.1. The molecule has 0 bridgehead atoms. The average molecular weight is 1200 g/mol. The zero-order chi connectivity index (χ0) is 61.8. The Morgan fingerprint density at radius 2 is 0.319 bits per heavy atom. The fraction of sp³-hybridized carbons (Fsp3) is 0. The van der Waals surface area contributed by atoms with Crippen LogP contribution in [0.25, 0.3) is 177 Å². The molecular weight excluding hydrogens is 1140 g/mol. The normalized spacial score (nSPS) is 11.8. The van der Waals surface area contributed by atoms with Gasteiger partial charge in [0.2, 0.25) is 0 Å². The summed E-state index contributed by atoms with van der Waals surface area (Å²) in [5, 5.41) is 9.78. The Morgan fingerprint density at radius 1 is 0.117 bits per heavy atom. The third kappa shape index (κ3) is 8.69. The van der Waals surface area contributed by atoms with E-state index in [4.69, 9.17) is 0 Å². The van der Waals surface area contributed by atoms with Gasteiger partial charge in [0.1, 0.15) is 0 Å². The van der Waals surface area contributed by atoms with Crippen molar-refractivity contribution in [2.45, 2.75) is 0 Å². The van der Waals surface area contributed by atoms with Crippen LogP contribution in [-0.4, -0.2) is 18.3 Å². The third-order valence-electron chi connectivity index (χ3n) is 19.5. The summed E-state index contributed by atoms with van der Waals surface area (Å²) in [7, 11) is 0. The van der Waals surface area contributed by atoms with Gasteiger partial charge < -0.3 is 18.3 Å². The first kappa shape index (κ1) is 53.3. The lowest BCUT2D eigenvalue weighted by molar-refractivity contribution is 1.17. The molecule has 0 aliphatic carbocycles. The van der Waals surface area contributed by atoms with E-state index in [2.05, 4.69) is 370 Å². The summed E-state index contributed by atoms with van der Waals surface area (Å²) in [6.45, 7) is 0. The molecule has 0 aliphatic heterocycles. The summed E-state index contributed by atoms with van der Waals surface area (Å²) in [4.78, 5) is 0. The van der Waals surface area contributed by atoms with Crippen LogP contribution in [0.3, 0.4) is 0 Å². The molecule has 19 rings (SSSR count). The Bertz CT molecular complexity index is 5650. The fourth-order valence-electron chi connectivity index (χ4n) is 15.1. The maximum atomic E-state index is 2.47. The maximum absolute atomic E-state index is 2.47. The first-order valence-electron chi connectivity index (χ1n) is 32.4. The van der Waals surface area contributed by atoms with Crippen molar-refractivity contribution in [1.29, 1.82) is 0 Å². The number of rotatable bonds is 10. The first-order valence-corrected chi connectivity index (χ1v) is 32.4. The van der Waals surface area contributed by atoms with Crippen molar-refractivity contribution in [3.05, 3.63) is 352 Å². The van der Waals surface area contributed by atoms with Crippen molar-refractivity contribution in [1.82, 2.24) is 18.3 Å². The molecule has 19 aromatic rings. The van der Waals surface area contributed by atoms with Gasteiger partial charge in [0.05, 0.1) is 44.1 Å². The van der Waals surface area contributed by atoms with Gasteiger partial charge in [-0.3, -0.25) is 0 Å². The molecule has 4 heteroatoms. The summed E-state index contributed by atoms with van der Waals surface area (Å²) >= 11 is 0. The number of fused-ring (bicyclic) bond motifs is 12. The summed E-state index contributed by atoms with van der Waals surface area (Å²) in [5.41, 5.74) is 28.2. The average Bonchev–Trinajstić information content (AvgIpc) is 1.61. The van der Waals surface area contributed by atoms with Gasteiger partial charge in [0, 0.05) is 65.8 Å². The largest absolute Gasteiger partial charge is 0.309 e. The van der Waals surface area contributed by atoms with Crippen molar-refractivity contribution in [2.24, 2.45) is 0 Å². The zero-order valence-corrected chi connectivity index (χ0v) is 51.3. The first-order chi connectivity index (χ1) is 46.6. The quantitative estimate of drug-likeness (QED) is 0.130. The lowest BCUT2D eigenvalue weighted by Gasteiger charge is -2.14.